The first-order chi connectivity index (χ1) is 9.60. The second-order valence-corrected chi connectivity index (χ2v) is 5.28. The van der Waals surface area contributed by atoms with Gasteiger partial charge in [0.25, 0.3) is 0 Å². The first-order valence-electron chi connectivity index (χ1n) is 7.26. The molecule has 1 saturated carbocycles. The molecule has 1 N–H and O–H groups in total. The lowest BCUT2D eigenvalue weighted by Crippen LogP contribution is -2.34. The van der Waals surface area contributed by atoms with Crippen LogP contribution in [0.3, 0.4) is 0 Å². The number of carbonyl (C=O) groups excluding carboxylic acids is 2. The minimum Gasteiger partial charge on any atom is -0.353 e. The highest BCUT2D eigenvalue weighted by Crippen LogP contribution is 2.19. The van der Waals surface area contributed by atoms with Gasteiger partial charge in [0.05, 0.1) is 0 Å². The molecule has 20 heavy (non-hydrogen) atoms. The van der Waals surface area contributed by atoms with Crippen LogP contribution in [-0.4, -0.2) is 24.4 Å². The van der Waals surface area contributed by atoms with Crippen LogP contribution < -0.4 is 10.2 Å². The Morgan fingerprint density at radius 3 is 2.40 bits per heavy atom. The molecule has 1 aromatic rings. The molecule has 2 amide bonds. The summed E-state index contributed by atoms with van der Waals surface area (Å²) in [4.78, 5) is 25.1. The van der Waals surface area contributed by atoms with Gasteiger partial charge >= 0.3 is 0 Å². The minimum absolute atomic E-state index is 0.0314. The maximum Gasteiger partial charge on any atom is 0.223 e. The van der Waals surface area contributed by atoms with E-state index in [1.807, 2.05) is 24.3 Å². The van der Waals surface area contributed by atoms with Crippen molar-refractivity contribution in [1.82, 2.24) is 5.32 Å². The Hall–Kier alpha value is -1.84. The molecule has 2 rings (SSSR count). The van der Waals surface area contributed by atoms with Crippen molar-refractivity contribution in [3.63, 3.8) is 0 Å². The summed E-state index contributed by atoms with van der Waals surface area (Å²) in [5.41, 5.74) is 2.10. The fourth-order valence-electron chi connectivity index (χ4n) is 2.12. The number of rotatable bonds is 6. The van der Waals surface area contributed by atoms with Crippen molar-refractivity contribution in [1.29, 1.82) is 0 Å². The van der Waals surface area contributed by atoms with Crippen molar-refractivity contribution in [3.8, 4) is 0 Å². The molecule has 0 unspecified atom stereocenters. The maximum atomic E-state index is 11.7. The lowest BCUT2D eigenvalue weighted by molar-refractivity contribution is -0.121. The van der Waals surface area contributed by atoms with E-state index in [9.17, 15) is 9.59 Å². The molecular weight excluding hydrogens is 252 g/mol. The molecule has 0 spiro atoms. The lowest BCUT2D eigenvalue weighted by Gasteiger charge is -2.21. The van der Waals surface area contributed by atoms with Gasteiger partial charge in [0.2, 0.25) is 11.8 Å². The lowest BCUT2D eigenvalue weighted by atomic mass is 10.1. The van der Waals surface area contributed by atoms with Gasteiger partial charge in [-0.3, -0.25) is 9.59 Å². The van der Waals surface area contributed by atoms with E-state index in [4.69, 9.17) is 0 Å². The predicted molar refractivity (Wildman–Crippen MR) is 79.6 cm³/mol. The van der Waals surface area contributed by atoms with Crippen LogP contribution in [0.5, 0.6) is 0 Å². The molecular formula is C16H22N2O2. The molecule has 0 aromatic heterocycles. The van der Waals surface area contributed by atoms with Crippen LogP contribution >= 0.6 is 0 Å². The number of nitrogens with one attached hydrogen (secondary N) is 1. The Bertz CT molecular complexity index is 478. The Morgan fingerprint density at radius 1 is 1.25 bits per heavy atom. The van der Waals surface area contributed by atoms with Crippen molar-refractivity contribution in [3.05, 3.63) is 29.8 Å². The number of amides is 2. The summed E-state index contributed by atoms with van der Waals surface area (Å²) in [5.74, 6) is -0.00241. The van der Waals surface area contributed by atoms with Gasteiger partial charge in [0.1, 0.15) is 0 Å². The third-order valence-corrected chi connectivity index (χ3v) is 3.54. The van der Waals surface area contributed by atoms with E-state index in [1.54, 1.807) is 4.90 Å². The van der Waals surface area contributed by atoms with Gasteiger partial charge in [-0.1, -0.05) is 19.1 Å². The standard InChI is InChI=1S/C16H22N2O2/c1-3-13-4-8-15(9-5-13)18(12(2)19)11-10-16(20)17-14-6-7-14/h4-5,8-9,14H,3,6-7,10-11H2,1-2H3,(H,17,20). The second kappa shape index (κ2) is 6.55. The summed E-state index contributed by atoms with van der Waals surface area (Å²) in [5, 5.41) is 2.94. The van der Waals surface area contributed by atoms with Crippen molar-refractivity contribution in [2.24, 2.45) is 0 Å². The summed E-state index contributed by atoms with van der Waals surface area (Å²) in [6.45, 7) is 4.06. The zero-order valence-corrected chi connectivity index (χ0v) is 12.2. The molecule has 1 fully saturated rings. The van der Waals surface area contributed by atoms with Crippen LogP contribution in [0, 0.1) is 0 Å². The molecule has 1 aromatic carbocycles. The Kier molecular flexibility index (Phi) is 4.77. The Balaban J connectivity index is 1.94. The van der Waals surface area contributed by atoms with Gasteiger partial charge in [-0.15, -0.1) is 0 Å². The molecule has 0 radical (unpaired) electrons. The quantitative estimate of drug-likeness (QED) is 0.865. The smallest absolute Gasteiger partial charge is 0.223 e. The van der Waals surface area contributed by atoms with Gasteiger partial charge in [0.15, 0.2) is 0 Å². The monoisotopic (exact) mass is 274 g/mol. The third kappa shape index (κ3) is 4.08. The SMILES string of the molecule is CCc1ccc(N(CCC(=O)NC2CC2)C(C)=O)cc1. The molecule has 0 atom stereocenters. The van der Waals surface area contributed by atoms with Crippen LogP contribution in [0.15, 0.2) is 24.3 Å². The van der Waals surface area contributed by atoms with Crippen LogP contribution in [0.4, 0.5) is 5.69 Å². The summed E-state index contributed by atoms with van der Waals surface area (Å²) < 4.78 is 0. The molecule has 108 valence electrons. The van der Waals surface area contributed by atoms with Crippen LogP contribution in [0.1, 0.15) is 38.7 Å². The van der Waals surface area contributed by atoms with Gasteiger partial charge < -0.3 is 10.2 Å². The van der Waals surface area contributed by atoms with Crippen molar-refractivity contribution < 1.29 is 9.59 Å². The summed E-state index contributed by atoms with van der Waals surface area (Å²) in [6.07, 6.45) is 3.50. The fourth-order valence-corrected chi connectivity index (χ4v) is 2.12. The molecule has 1 aliphatic carbocycles. The Morgan fingerprint density at radius 2 is 1.90 bits per heavy atom. The number of hydrogen-bond acceptors (Lipinski definition) is 2. The molecule has 0 aliphatic heterocycles. The molecule has 4 nitrogen and oxygen atoms in total. The number of hydrogen-bond donors (Lipinski definition) is 1. The Labute approximate surface area is 120 Å². The number of anilines is 1. The summed E-state index contributed by atoms with van der Waals surface area (Å²) in [7, 11) is 0. The number of benzene rings is 1. The highest BCUT2D eigenvalue weighted by molar-refractivity contribution is 5.92. The van der Waals surface area contributed by atoms with Crippen molar-refractivity contribution in [2.45, 2.75) is 45.6 Å². The fraction of sp³-hybridized carbons (Fsp3) is 0.500. The van der Waals surface area contributed by atoms with E-state index in [1.165, 1.54) is 12.5 Å². The molecule has 1 aliphatic rings. The van der Waals surface area contributed by atoms with Crippen molar-refractivity contribution >= 4 is 17.5 Å². The average molecular weight is 274 g/mol. The molecule has 0 heterocycles. The normalized spacial score (nSPS) is 13.9. The van der Waals surface area contributed by atoms with Crippen molar-refractivity contribution in [2.75, 3.05) is 11.4 Å². The van der Waals surface area contributed by atoms with Gasteiger partial charge in [-0.2, -0.15) is 0 Å². The average Bonchev–Trinajstić information content (AvgIpc) is 3.23. The summed E-state index contributed by atoms with van der Waals surface area (Å²) >= 11 is 0. The van der Waals surface area contributed by atoms with Gasteiger partial charge in [-0.05, 0) is 37.0 Å². The zero-order valence-electron chi connectivity index (χ0n) is 12.2. The van der Waals surface area contributed by atoms with Crippen LogP contribution in [0.2, 0.25) is 0 Å². The van der Waals surface area contributed by atoms with E-state index in [0.29, 0.717) is 19.0 Å². The summed E-state index contributed by atoms with van der Waals surface area (Å²) in [6, 6.07) is 8.31. The zero-order chi connectivity index (χ0) is 14.5. The highest BCUT2D eigenvalue weighted by Gasteiger charge is 2.23. The predicted octanol–water partition coefficient (Wildman–Crippen LogP) is 2.27. The first-order valence-corrected chi connectivity index (χ1v) is 7.26. The molecule has 0 saturated heterocycles. The largest absolute Gasteiger partial charge is 0.353 e. The maximum absolute atomic E-state index is 11.7. The number of carbonyl (C=O) groups is 2. The minimum atomic E-state index is -0.0338. The van der Waals surface area contributed by atoms with E-state index in [2.05, 4.69) is 12.2 Å². The topological polar surface area (TPSA) is 49.4 Å². The molecule has 4 heteroatoms. The van der Waals surface area contributed by atoms with Crippen LogP contribution in [-0.2, 0) is 16.0 Å². The number of nitrogens with zero attached hydrogens (tertiary/aromatic N) is 1. The van der Waals surface area contributed by atoms with E-state index in [-0.39, 0.29) is 11.8 Å². The molecule has 0 bridgehead atoms. The van der Waals surface area contributed by atoms with Gasteiger partial charge in [-0.25, -0.2) is 0 Å². The van der Waals surface area contributed by atoms with E-state index >= 15 is 0 Å². The highest BCUT2D eigenvalue weighted by atomic mass is 16.2. The van der Waals surface area contributed by atoms with E-state index in [0.717, 1.165) is 24.9 Å². The van der Waals surface area contributed by atoms with Gasteiger partial charge in [0, 0.05) is 31.6 Å². The third-order valence-electron chi connectivity index (χ3n) is 3.54. The van der Waals surface area contributed by atoms with Crippen LogP contribution in [0.25, 0.3) is 0 Å². The second-order valence-electron chi connectivity index (χ2n) is 5.28. The first kappa shape index (κ1) is 14.6. The number of aryl methyl sites for hydroxylation is 1. The van der Waals surface area contributed by atoms with E-state index < -0.39 is 0 Å².